The number of anilines is 1. The van der Waals surface area contributed by atoms with E-state index in [1.807, 2.05) is 43.3 Å². The fourth-order valence-electron chi connectivity index (χ4n) is 3.51. The van der Waals surface area contributed by atoms with Gasteiger partial charge in [0.25, 0.3) is 0 Å². The van der Waals surface area contributed by atoms with Gasteiger partial charge in [-0.2, -0.15) is 0 Å². The van der Waals surface area contributed by atoms with Crippen LogP contribution in [0, 0.1) is 5.92 Å². The molecule has 0 radical (unpaired) electrons. The molecular formula is C23H26ClN3O3. The first-order valence-corrected chi connectivity index (χ1v) is 10.5. The van der Waals surface area contributed by atoms with E-state index in [2.05, 4.69) is 10.6 Å². The second-order valence-corrected chi connectivity index (χ2v) is 7.83. The second-order valence-electron chi connectivity index (χ2n) is 7.40. The predicted octanol–water partition coefficient (Wildman–Crippen LogP) is 3.40. The minimum atomic E-state index is -0.235. The van der Waals surface area contributed by atoms with Gasteiger partial charge in [0.1, 0.15) is 0 Å². The molecule has 1 aliphatic rings. The van der Waals surface area contributed by atoms with Crippen LogP contribution >= 0.6 is 11.6 Å². The van der Waals surface area contributed by atoms with Crippen LogP contribution in [0.3, 0.4) is 0 Å². The molecule has 3 rings (SSSR count). The lowest BCUT2D eigenvalue weighted by atomic mass is 9.89. The molecule has 30 heavy (non-hydrogen) atoms. The lowest BCUT2D eigenvalue weighted by Crippen LogP contribution is -2.41. The molecular weight excluding hydrogens is 402 g/mol. The number of hydrogen-bond acceptors (Lipinski definition) is 3. The Morgan fingerprint density at radius 3 is 2.63 bits per heavy atom. The van der Waals surface area contributed by atoms with Crippen molar-refractivity contribution < 1.29 is 14.4 Å². The fraction of sp³-hybridized carbons (Fsp3) is 0.348. The molecule has 7 heteroatoms. The van der Waals surface area contributed by atoms with E-state index in [0.29, 0.717) is 31.0 Å². The van der Waals surface area contributed by atoms with Gasteiger partial charge in [0.05, 0.1) is 6.54 Å². The summed E-state index contributed by atoms with van der Waals surface area (Å²) in [5.41, 5.74) is 2.87. The Morgan fingerprint density at radius 2 is 1.90 bits per heavy atom. The Bertz CT molecular complexity index is 914. The van der Waals surface area contributed by atoms with Gasteiger partial charge in [-0.3, -0.25) is 14.4 Å². The van der Waals surface area contributed by atoms with Crippen molar-refractivity contribution in [2.45, 2.75) is 32.7 Å². The SMILES string of the molecule is CCN(CC(=O)NCc1ccc(Cl)cc1)C(=O)CCC1Cc2ccccc2NC1=O. The van der Waals surface area contributed by atoms with E-state index in [1.165, 1.54) is 4.90 Å². The average Bonchev–Trinajstić information content (AvgIpc) is 2.75. The van der Waals surface area contributed by atoms with Crippen LogP contribution in [-0.4, -0.2) is 35.7 Å². The van der Waals surface area contributed by atoms with E-state index >= 15 is 0 Å². The Hall–Kier alpha value is -2.86. The number of carbonyl (C=O) groups is 3. The van der Waals surface area contributed by atoms with E-state index < -0.39 is 0 Å². The summed E-state index contributed by atoms with van der Waals surface area (Å²) in [6.45, 7) is 2.66. The first-order valence-electron chi connectivity index (χ1n) is 10.1. The molecule has 6 nitrogen and oxygen atoms in total. The minimum absolute atomic E-state index is 0.00260. The summed E-state index contributed by atoms with van der Waals surface area (Å²) in [4.78, 5) is 38.7. The van der Waals surface area contributed by atoms with Crippen molar-refractivity contribution in [1.82, 2.24) is 10.2 Å². The van der Waals surface area contributed by atoms with Crippen LogP contribution < -0.4 is 10.6 Å². The largest absolute Gasteiger partial charge is 0.350 e. The molecule has 1 aliphatic heterocycles. The molecule has 2 aromatic rings. The van der Waals surface area contributed by atoms with Gasteiger partial charge in [0.15, 0.2) is 0 Å². The molecule has 0 aliphatic carbocycles. The van der Waals surface area contributed by atoms with Crippen LogP contribution in [0.2, 0.25) is 5.02 Å². The Morgan fingerprint density at radius 1 is 1.17 bits per heavy atom. The van der Waals surface area contributed by atoms with E-state index in [0.717, 1.165) is 16.8 Å². The predicted molar refractivity (Wildman–Crippen MR) is 117 cm³/mol. The fourth-order valence-corrected chi connectivity index (χ4v) is 3.64. The molecule has 0 saturated heterocycles. The second kappa shape index (κ2) is 10.3. The Labute approximate surface area is 181 Å². The van der Waals surface area contributed by atoms with Crippen LogP contribution in [0.5, 0.6) is 0 Å². The minimum Gasteiger partial charge on any atom is -0.350 e. The average molecular weight is 428 g/mol. The number of halogens is 1. The van der Waals surface area contributed by atoms with Crippen molar-refractivity contribution >= 4 is 35.0 Å². The number of nitrogens with one attached hydrogen (secondary N) is 2. The highest BCUT2D eigenvalue weighted by Crippen LogP contribution is 2.27. The number of benzene rings is 2. The van der Waals surface area contributed by atoms with Gasteiger partial charge in [-0.1, -0.05) is 41.9 Å². The first-order chi connectivity index (χ1) is 14.5. The molecule has 3 amide bonds. The first kappa shape index (κ1) is 21.8. The smallest absolute Gasteiger partial charge is 0.239 e. The summed E-state index contributed by atoms with van der Waals surface area (Å²) in [6.07, 6.45) is 1.32. The van der Waals surface area contributed by atoms with Crippen LogP contribution in [0.1, 0.15) is 30.9 Å². The zero-order valence-electron chi connectivity index (χ0n) is 17.0. The molecule has 1 unspecified atom stereocenters. The molecule has 1 heterocycles. The summed E-state index contributed by atoms with van der Waals surface area (Å²) in [5, 5.41) is 6.37. The maximum atomic E-state index is 12.6. The number of amides is 3. The van der Waals surface area contributed by atoms with Gasteiger partial charge in [-0.25, -0.2) is 0 Å². The van der Waals surface area contributed by atoms with E-state index in [1.54, 1.807) is 12.1 Å². The number of nitrogens with zero attached hydrogens (tertiary/aromatic N) is 1. The zero-order chi connectivity index (χ0) is 21.5. The van der Waals surface area contributed by atoms with E-state index in [4.69, 9.17) is 11.6 Å². The highest BCUT2D eigenvalue weighted by Gasteiger charge is 2.27. The Kier molecular flexibility index (Phi) is 7.46. The van der Waals surface area contributed by atoms with Gasteiger partial charge in [-0.05, 0) is 49.1 Å². The summed E-state index contributed by atoms with van der Waals surface area (Å²) in [5.74, 6) is -0.623. The van der Waals surface area contributed by atoms with Gasteiger partial charge < -0.3 is 15.5 Å². The van der Waals surface area contributed by atoms with Crippen LogP contribution in [0.15, 0.2) is 48.5 Å². The quantitative estimate of drug-likeness (QED) is 0.677. The monoisotopic (exact) mass is 427 g/mol. The number of fused-ring (bicyclic) bond motifs is 1. The number of para-hydroxylation sites is 1. The molecule has 158 valence electrons. The maximum Gasteiger partial charge on any atom is 0.239 e. The van der Waals surface area contributed by atoms with Gasteiger partial charge in [0.2, 0.25) is 17.7 Å². The lowest BCUT2D eigenvalue weighted by Gasteiger charge is -2.25. The van der Waals surface area contributed by atoms with Gasteiger partial charge in [-0.15, -0.1) is 0 Å². The third-order valence-electron chi connectivity index (χ3n) is 5.29. The molecule has 0 bridgehead atoms. The van der Waals surface area contributed by atoms with Crippen molar-refractivity contribution in [3.05, 3.63) is 64.7 Å². The topological polar surface area (TPSA) is 78.5 Å². The highest BCUT2D eigenvalue weighted by molar-refractivity contribution is 6.30. The normalized spacial score (nSPS) is 15.1. The van der Waals surface area contributed by atoms with Crippen molar-refractivity contribution in [3.8, 4) is 0 Å². The van der Waals surface area contributed by atoms with Crippen molar-refractivity contribution in [2.75, 3.05) is 18.4 Å². The van der Waals surface area contributed by atoms with Crippen molar-refractivity contribution in [1.29, 1.82) is 0 Å². The molecule has 0 saturated carbocycles. The van der Waals surface area contributed by atoms with Crippen LogP contribution in [-0.2, 0) is 27.3 Å². The van der Waals surface area contributed by atoms with E-state index in [-0.39, 0.29) is 36.6 Å². The molecule has 0 spiro atoms. The van der Waals surface area contributed by atoms with Crippen molar-refractivity contribution in [2.24, 2.45) is 5.92 Å². The standard InChI is InChI=1S/C23H26ClN3O3/c1-2-27(15-21(28)25-14-16-7-10-19(24)11-8-16)22(29)12-9-18-13-17-5-3-4-6-20(17)26-23(18)30/h3-8,10-11,18H,2,9,12-15H2,1H3,(H,25,28)(H,26,30). The zero-order valence-corrected chi connectivity index (χ0v) is 17.7. The number of carbonyl (C=O) groups excluding carboxylic acids is 3. The van der Waals surface area contributed by atoms with Gasteiger partial charge in [0, 0.05) is 36.1 Å². The van der Waals surface area contributed by atoms with E-state index in [9.17, 15) is 14.4 Å². The summed E-state index contributed by atoms with van der Waals surface area (Å²) in [6, 6.07) is 14.9. The summed E-state index contributed by atoms with van der Waals surface area (Å²) in [7, 11) is 0. The molecule has 0 aromatic heterocycles. The third-order valence-corrected chi connectivity index (χ3v) is 5.54. The maximum absolute atomic E-state index is 12.6. The van der Waals surface area contributed by atoms with Crippen molar-refractivity contribution in [3.63, 3.8) is 0 Å². The Balaban J connectivity index is 1.46. The number of rotatable bonds is 8. The molecule has 1 atom stereocenters. The summed E-state index contributed by atoms with van der Waals surface area (Å²) >= 11 is 5.86. The lowest BCUT2D eigenvalue weighted by molar-refractivity contribution is -0.136. The number of likely N-dealkylation sites (N-methyl/N-ethyl adjacent to an activating group) is 1. The highest BCUT2D eigenvalue weighted by atomic mass is 35.5. The van der Waals surface area contributed by atoms with Crippen LogP contribution in [0.4, 0.5) is 5.69 Å². The van der Waals surface area contributed by atoms with Gasteiger partial charge >= 0.3 is 0 Å². The number of hydrogen-bond donors (Lipinski definition) is 2. The molecule has 0 fully saturated rings. The summed E-state index contributed by atoms with van der Waals surface area (Å²) < 4.78 is 0. The third kappa shape index (κ3) is 5.83. The molecule has 2 N–H and O–H groups in total. The molecule has 2 aromatic carbocycles. The van der Waals surface area contributed by atoms with Crippen LogP contribution in [0.25, 0.3) is 0 Å².